The molecule has 5 heteroatoms. The Balaban J connectivity index is 0.00000192. The molecule has 0 spiro atoms. The van der Waals surface area contributed by atoms with Crippen molar-refractivity contribution in [1.82, 2.24) is 0 Å². The molecule has 5 rings (SSSR count). The van der Waals surface area contributed by atoms with Gasteiger partial charge in [0, 0.05) is 0 Å². The van der Waals surface area contributed by atoms with Crippen molar-refractivity contribution in [2.45, 2.75) is 20.3 Å². The average Bonchev–Trinajstić information content (AvgIpc) is 3.41. The lowest BCUT2D eigenvalue weighted by atomic mass is 10.0. The molecule has 5 heterocycles. The van der Waals surface area contributed by atoms with Crippen LogP contribution < -0.4 is 0 Å². The van der Waals surface area contributed by atoms with Crippen molar-refractivity contribution in [2.24, 2.45) is 20.0 Å². The second kappa shape index (κ2) is 7.27. The molecule has 136 valence electrons. The molecule has 28 heavy (non-hydrogen) atoms. The van der Waals surface area contributed by atoms with Crippen molar-refractivity contribution < 1.29 is 0 Å². The van der Waals surface area contributed by atoms with Crippen LogP contribution in [0.4, 0.5) is 0 Å². The summed E-state index contributed by atoms with van der Waals surface area (Å²) in [5.41, 5.74) is 9.87. The Hall–Kier alpha value is -2.87. The molecule has 0 saturated heterocycles. The molecule has 0 amide bonds. The Morgan fingerprint density at radius 3 is 1.68 bits per heavy atom. The predicted octanol–water partition coefficient (Wildman–Crippen LogP) is 3.57. The normalized spacial score (nSPS) is 21.5. The lowest BCUT2D eigenvalue weighted by Crippen LogP contribution is -1.94. The minimum Gasteiger partial charge on any atom is -0.249 e. The molecule has 0 aromatic heterocycles. The highest BCUT2D eigenvalue weighted by Gasteiger charge is 2.20. The van der Waals surface area contributed by atoms with E-state index in [1.165, 1.54) is 11.1 Å². The zero-order valence-electron chi connectivity index (χ0n) is 15.3. The smallest absolute Gasteiger partial charge is 0.187 e. The van der Waals surface area contributed by atoms with E-state index in [1.54, 1.807) is 0 Å². The van der Waals surface area contributed by atoms with E-state index in [2.05, 4.69) is 31.0 Å². The van der Waals surface area contributed by atoms with Crippen LogP contribution >= 0.6 is 0 Å². The third kappa shape index (κ3) is 3.35. The van der Waals surface area contributed by atoms with Gasteiger partial charge in [-0.1, -0.05) is 6.92 Å². The first-order chi connectivity index (χ1) is 13.2. The Labute approximate surface area is 175 Å². The van der Waals surface area contributed by atoms with Gasteiger partial charge in [-0.05, 0) is 85.3 Å². The zero-order valence-corrected chi connectivity index (χ0v) is 15.3. The maximum Gasteiger partial charge on any atom is 0.187 e. The van der Waals surface area contributed by atoms with Crippen LogP contribution in [-0.2, 0) is 0 Å². The summed E-state index contributed by atoms with van der Waals surface area (Å²) in [7, 11) is 0. The molecule has 0 radical (unpaired) electrons. The summed E-state index contributed by atoms with van der Waals surface area (Å²) in [5, 5.41) is 0. The van der Waals surface area contributed by atoms with E-state index in [4.69, 9.17) is 15.0 Å². The minimum atomic E-state index is 0. The largest absolute Gasteiger partial charge is 0.249 e. The average molecular weight is 380 g/mol. The van der Waals surface area contributed by atoms with Crippen molar-refractivity contribution in [3.63, 3.8) is 0 Å². The monoisotopic (exact) mass is 380 g/mol. The highest BCUT2D eigenvalue weighted by atomic mass is 27.0. The van der Waals surface area contributed by atoms with Crippen molar-refractivity contribution >= 4 is 40.2 Å². The molecule has 8 bridgehead atoms. The fourth-order valence-electron chi connectivity index (χ4n) is 3.58. The molecule has 5 aliphatic heterocycles. The fourth-order valence-corrected chi connectivity index (χ4v) is 3.58. The number of nitrogens with zero attached hydrogens (tertiary/aromatic N) is 4. The van der Waals surface area contributed by atoms with Crippen LogP contribution in [0.5, 0.6) is 0 Å². The molecular weight excluding hydrogens is 359 g/mol. The van der Waals surface area contributed by atoms with E-state index in [9.17, 15) is 0 Å². The van der Waals surface area contributed by atoms with Gasteiger partial charge in [0.15, 0.2) is 17.4 Å². The molecule has 0 saturated carbocycles. The Bertz CT molecular complexity index is 1140. The first kappa shape index (κ1) is 18.5. The molecule has 0 N–H and O–H groups in total. The molecule has 0 atom stereocenters. The molecule has 0 aromatic rings. The van der Waals surface area contributed by atoms with Gasteiger partial charge in [-0.2, -0.15) is 0 Å². The predicted molar refractivity (Wildman–Crippen MR) is 122 cm³/mol. The summed E-state index contributed by atoms with van der Waals surface area (Å²) >= 11 is 0. The van der Waals surface area contributed by atoms with Crippen LogP contribution in [0.15, 0.2) is 115 Å². The van der Waals surface area contributed by atoms with E-state index in [1.807, 2.05) is 48.6 Å². The van der Waals surface area contributed by atoms with Crippen LogP contribution in [0, 0.1) is 0 Å². The second-order valence-corrected chi connectivity index (χ2v) is 6.80. The summed E-state index contributed by atoms with van der Waals surface area (Å²) in [5.74, 6) is 0. The number of allylic oxidation sites excluding steroid dienone is 12. The highest BCUT2D eigenvalue weighted by molar-refractivity contribution is 6.16. The van der Waals surface area contributed by atoms with Gasteiger partial charge in [-0.25, -0.2) is 20.0 Å². The maximum absolute atomic E-state index is 4.86. The summed E-state index contributed by atoms with van der Waals surface area (Å²) in [4.78, 5) is 18.9. The summed E-state index contributed by atoms with van der Waals surface area (Å²) in [6.07, 6.45) is 21.1. The zero-order chi connectivity index (χ0) is 18.4. The van der Waals surface area contributed by atoms with Crippen LogP contribution in [-0.4, -0.2) is 40.2 Å². The van der Waals surface area contributed by atoms with Gasteiger partial charge in [0.05, 0.1) is 45.6 Å². The van der Waals surface area contributed by atoms with Gasteiger partial charge < -0.3 is 0 Å². The first-order valence-electron chi connectivity index (χ1n) is 9.14. The van der Waals surface area contributed by atoms with E-state index < -0.39 is 0 Å². The number of rotatable bonds is 1. The SMILES string of the molecule is CCC1=C(C)C2=NC1=CC1=NC(=CC3=NC(=CC4=NC(=C2)C=C4)C=C3)C=C1.[AlH3]. The van der Waals surface area contributed by atoms with Gasteiger partial charge in [-0.15, -0.1) is 0 Å². The van der Waals surface area contributed by atoms with Crippen molar-refractivity contribution in [3.05, 3.63) is 94.7 Å². The number of hydrogen-bond acceptors (Lipinski definition) is 4. The van der Waals surface area contributed by atoms with E-state index in [0.717, 1.165) is 52.1 Å². The van der Waals surface area contributed by atoms with Crippen molar-refractivity contribution in [3.8, 4) is 0 Å². The highest BCUT2D eigenvalue weighted by Crippen LogP contribution is 2.30. The summed E-state index contributed by atoms with van der Waals surface area (Å²) in [6.45, 7) is 4.30. The molecule has 0 unspecified atom stereocenters. The Morgan fingerprint density at radius 2 is 1.14 bits per heavy atom. The van der Waals surface area contributed by atoms with Gasteiger partial charge in [0.2, 0.25) is 0 Å². The second-order valence-electron chi connectivity index (χ2n) is 6.80. The van der Waals surface area contributed by atoms with Crippen molar-refractivity contribution in [1.29, 1.82) is 0 Å². The Morgan fingerprint density at radius 1 is 0.643 bits per heavy atom. The fraction of sp³-hybridized carbons (Fsp3) is 0.130. The van der Waals surface area contributed by atoms with Gasteiger partial charge in [-0.3, -0.25) is 0 Å². The van der Waals surface area contributed by atoms with Crippen molar-refractivity contribution in [2.75, 3.05) is 0 Å². The lowest BCUT2D eigenvalue weighted by molar-refractivity contribution is 1.09. The number of fused-ring (bicyclic) bond motifs is 4. The molecule has 0 fully saturated rings. The van der Waals surface area contributed by atoms with Crippen LogP contribution in [0.25, 0.3) is 0 Å². The van der Waals surface area contributed by atoms with E-state index in [-0.39, 0.29) is 17.4 Å². The van der Waals surface area contributed by atoms with E-state index >= 15 is 0 Å². The van der Waals surface area contributed by atoms with Crippen LogP contribution in [0.3, 0.4) is 0 Å². The molecular formula is C23H21AlN4. The third-order valence-electron chi connectivity index (χ3n) is 4.95. The third-order valence-corrected chi connectivity index (χ3v) is 4.95. The molecule has 4 nitrogen and oxygen atoms in total. The summed E-state index contributed by atoms with van der Waals surface area (Å²) in [6, 6.07) is 0. The summed E-state index contributed by atoms with van der Waals surface area (Å²) < 4.78 is 0. The molecule has 5 aliphatic rings. The van der Waals surface area contributed by atoms with Gasteiger partial charge in [0.25, 0.3) is 0 Å². The first-order valence-corrected chi connectivity index (χ1v) is 9.14. The Kier molecular flexibility index (Phi) is 4.80. The van der Waals surface area contributed by atoms with Crippen LogP contribution in [0.2, 0.25) is 0 Å². The van der Waals surface area contributed by atoms with E-state index in [0.29, 0.717) is 0 Å². The van der Waals surface area contributed by atoms with Gasteiger partial charge >= 0.3 is 0 Å². The number of aliphatic imine (C=N–C) groups is 4. The van der Waals surface area contributed by atoms with Crippen LogP contribution in [0.1, 0.15) is 20.3 Å². The lowest BCUT2D eigenvalue weighted by Gasteiger charge is -2.01. The topological polar surface area (TPSA) is 49.4 Å². The maximum atomic E-state index is 4.86. The number of hydrogen-bond donors (Lipinski definition) is 0. The minimum absolute atomic E-state index is 0. The van der Waals surface area contributed by atoms with Gasteiger partial charge in [0.1, 0.15) is 0 Å². The standard InChI is InChI=1S/C23H18N4.Al.3H/c1-3-21-14(2)22-12-19-8-6-17(25-19)10-15-4-5-16(24-15)11-18-7-9-20(26-18)13-23(21)27-22;;;;/h4-13H,3H2,1-2H3;;;;. The molecule has 0 aromatic carbocycles. The molecule has 0 aliphatic carbocycles. The quantitative estimate of drug-likeness (QED) is 0.625.